The molecular formula is C58H35NOS2. The summed E-state index contributed by atoms with van der Waals surface area (Å²) in [5.74, 6) is 1.80. The number of aromatic nitrogens is 1. The van der Waals surface area contributed by atoms with Crippen molar-refractivity contribution in [3.8, 4) is 67.4 Å². The first-order chi connectivity index (χ1) is 30.7. The van der Waals surface area contributed by atoms with Crippen LogP contribution in [-0.2, 0) is 5.41 Å². The standard InChI is InChI=1S/C58H35NOS2/c1-2-16-43-40(13-1)34-49(59-57(43)41-15-11-14-38(33-41)39-31-32-51-55(35-39)62-54-26-10-7-23-50(54)60-51)37-29-27-36(28-30-37)42-18-12-19-45-44-17-3-4-20-46(44)58(56(42)45)47-21-5-8-24-52(47)61-53-25-9-6-22-48(53)58/h1-35H. The summed E-state index contributed by atoms with van der Waals surface area (Å²) in [5, 5.41) is 2.29. The minimum absolute atomic E-state index is 0.444. The van der Waals surface area contributed by atoms with E-state index >= 15 is 0 Å². The molecule has 1 spiro atoms. The summed E-state index contributed by atoms with van der Waals surface area (Å²) in [4.78, 5) is 10.3. The van der Waals surface area contributed by atoms with Crippen LogP contribution in [0, 0.1) is 0 Å². The van der Waals surface area contributed by atoms with Crippen LogP contribution in [-0.4, -0.2) is 4.98 Å². The van der Waals surface area contributed by atoms with E-state index in [0.29, 0.717) is 0 Å². The molecule has 3 aliphatic rings. The van der Waals surface area contributed by atoms with E-state index in [1.807, 2.05) is 23.9 Å². The molecule has 1 aliphatic carbocycles. The Kier molecular flexibility index (Phi) is 8.03. The number of hydrogen-bond donors (Lipinski definition) is 0. The fourth-order valence-electron chi connectivity index (χ4n) is 10.1. The number of pyridine rings is 1. The van der Waals surface area contributed by atoms with Gasteiger partial charge in [0.25, 0.3) is 0 Å². The van der Waals surface area contributed by atoms with Crippen LogP contribution in [0.1, 0.15) is 22.3 Å². The first kappa shape index (κ1) is 35.6. The quantitative estimate of drug-likeness (QED) is 0.176. The van der Waals surface area contributed by atoms with Gasteiger partial charge in [0.1, 0.15) is 11.5 Å². The Labute approximate surface area is 368 Å². The van der Waals surface area contributed by atoms with E-state index in [9.17, 15) is 0 Å². The summed E-state index contributed by atoms with van der Waals surface area (Å²) >= 11 is 3.64. The van der Waals surface area contributed by atoms with Crippen molar-refractivity contribution in [1.82, 2.24) is 4.98 Å². The van der Waals surface area contributed by atoms with Crippen molar-refractivity contribution in [2.45, 2.75) is 25.0 Å². The minimum atomic E-state index is -0.444. The number of rotatable bonds is 4. The number of para-hydroxylation sites is 1. The average Bonchev–Trinajstić information content (AvgIpc) is 3.63. The number of benzene rings is 9. The molecule has 0 saturated carbocycles. The zero-order valence-electron chi connectivity index (χ0n) is 33.4. The summed E-state index contributed by atoms with van der Waals surface area (Å²) in [6.45, 7) is 0. The van der Waals surface area contributed by atoms with Gasteiger partial charge in [-0.15, -0.1) is 0 Å². The van der Waals surface area contributed by atoms with E-state index in [-0.39, 0.29) is 0 Å². The second kappa shape index (κ2) is 14.0. The van der Waals surface area contributed by atoms with Crippen LogP contribution in [0.3, 0.4) is 0 Å². The summed E-state index contributed by atoms with van der Waals surface area (Å²) in [6.07, 6.45) is 0. The van der Waals surface area contributed by atoms with Gasteiger partial charge < -0.3 is 4.74 Å². The maximum atomic E-state index is 6.25. The van der Waals surface area contributed by atoms with Crippen LogP contribution in [0.2, 0.25) is 0 Å². The number of nitrogens with zero attached hydrogens (tertiary/aromatic N) is 1. The minimum Gasteiger partial charge on any atom is -0.455 e. The van der Waals surface area contributed by atoms with E-state index in [0.717, 1.165) is 65.7 Å². The number of ether oxygens (including phenoxy) is 1. The molecule has 0 N–H and O–H groups in total. The van der Waals surface area contributed by atoms with Gasteiger partial charge in [0.15, 0.2) is 0 Å². The third-order valence-corrected chi connectivity index (χ3v) is 15.0. The molecule has 9 aromatic carbocycles. The topological polar surface area (TPSA) is 22.1 Å². The molecule has 0 radical (unpaired) electrons. The largest absolute Gasteiger partial charge is 0.455 e. The van der Waals surface area contributed by atoms with Crippen LogP contribution in [0.4, 0.5) is 0 Å². The lowest BCUT2D eigenvalue weighted by Gasteiger charge is -2.40. The van der Waals surface area contributed by atoms with E-state index in [1.165, 1.54) is 54.3 Å². The predicted octanol–water partition coefficient (Wildman–Crippen LogP) is 16.0. The van der Waals surface area contributed by atoms with Crippen LogP contribution >= 0.6 is 23.5 Å². The molecule has 13 rings (SSSR count). The number of hydrogen-bond acceptors (Lipinski definition) is 4. The molecule has 62 heavy (non-hydrogen) atoms. The van der Waals surface area contributed by atoms with Crippen molar-refractivity contribution in [2.75, 3.05) is 0 Å². The highest BCUT2D eigenvalue weighted by atomic mass is 32.2. The van der Waals surface area contributed by atoms with Crippen molar-refractivity contribution in [2.24, 2.45) is 0 Å². The van der Waals surface area contributed by atoms with Crippen LogP contribution in [0.15, 0.2) is 232 Å². The summed E-state index contributed by atoms with van der Waals surface area (Å²) in [5.41, 5.74) is 16.4. The van der Waals surface area contributed by atoms with E-state index < -0.39 is 5.41 Å². The van der Waals surface area contributed by atoms with Crippen LogP contribution in [0.5, 0.6) is 11.5 Å². The van der Waals surface area contributed by atoms with Crippen molar-refractivity contribution in [1.29, 1.82) is 0 Å². The zero-order chi connectivity index (χ0) is 40.8. The lowest BCUT2D eigenvalue weighted by molar-refractivity contribution is 0.454. The van der Waals surface area contributed by atoms with Crippen molar-refractivity contribution >= 4 is 34.3 Å². The Morgan fingerprint density at radius 2 is 0.952 bits per heavy atom. The van der Waals surface area contributed by atoms with Crippen molar-refractivity contribution < 1.29 is 4.74 Å². The predicted molar refractivity (Wildman–Crippen MR) is 256 cm³/mol. The molecule has 0 unspecified atom stereocenters. The number of fused-ring (bicyclic) bond motifs is 12. The van der Waals surface area contributed by atoms with Gasteiger partial charge in [0.05, 0.1) is 26.6 Å². The SMILES string of the molecule is c1cc(-c2ccc3c(c2)Sc2ccccc2O3)cc(-c2nc(-c3ccc(-c4cccc5c4C4(c6ccccc6Sc6ccccc64)c4ccccc4-5)cc3)cc3ccccc23)c1. The fraction of sp³-hybridized carbons (Fsp3) is 0.0172. The molecule has 2 aliphatic heterocycles. The first-order valence-corrected chi connectivity index (χ1v) is 22.6. The Balaban J connectivity index is 0.913. The van der Waals surface area contributed by atoms with E-state index in [4.69, 9.17) is 9.72 Å². The molecule has 1 aromatic heterocycles. The third kappa shape index (κ3) is 5.37. The molecule has 2 nitrogen and oxygen atoms in total. The highest BCUT2D eigenvalue weighted by Crippen LogP contribution is 2.63. The second-order valence-corrected chi connectivity index (χ2v) is 18.3. The zero-order valence-corrected chi connectivity index (χ0v) is 35.0. The second-order valence-electron chi connectivity index (χ2n) is 16.2. The van der Waals surface area contributed by atoms with Gasteiger partial charge >= 0.3 is 0 Å². The van der Waals surface area contributed by atoms with E-state index in [2.05, 4.69) is 200 Å². The third-order valence-electron chi connectivity index (χ3n) is 12.8. The Morgan fingerprint density at radius 3 is 1.79 bits per heavy atom. The maximum absolute atomic E-state index is 6.25. The van der Waals surface area contributed by atoms with Crippen LogP contribution < -0.4 is 4.74 Å². The maximum Gasteiger partial charge on any atom is 0.141 e. The lowest BCUT2D eigenvalue weighted by Crippen LogP contribution is -2.32. The summed E-state index contributed by atoms with van der Waals surface area (Å²) in [7, 11) is 0. The highest BCUT2D eigenvalue weighted by Gasteiger charge is 2.51. The molecule has 0 amide bonds. The first-order valence-electron chi connectivity index (χ1n) is 21.0. The van der Waals surface area contributed by atoms with Gasteiger partial charge in [0.2, 0.25) is 0 Å². The van der Waals surface area contributed by atoms with Crippen molar-refractivity contribution in [3.63, 3.8) is 0 Å². The Bertz CT molecular complexity index is 3420. The molecule has 0 atom stereocenters. The average molecular weight is 826 g/mol. The molecule has 4 heteroatoms. The molecule has 0 fully saturated rings. The monoisotopic (exact) mass is 825 g/mol. The van der Waals surface area contributed by atoms with Crippen LogP contribution in [0.25, 0.3) is 66.7 Å². The molecular weight excluding hydrogens is 791 g/mol. The summed E-state index contributed by atoms with van der Waals surface area (Å²) < 4.78 is 6.25. The Hall–Kier alpha value is -7.11. The molecule has 3 heterocycles. The van der Waals surface area contributed by atoms with Gasteiger partial charge in [-0.1, -0.05) is 187 Å². The van der Waals surface area contributed by atoms with Gasteiger partial charge in [-0.2, -0.15) is 0 Å². The lowest BCUT2D eigenvalue weighted by atomic mass is 9.66. The fourth-order valence-corrected chi connectivity index (χ4v) is 12.3. The van der Waals surface area contributed by atoms with Crippen molar-refractivity contribution in [3.05, 3.63) is 235 Å². The molecule has 10 aromatic rings. The molecule has 290 valence electrons. The Morgan fingerprint density at radius 1 is 0.371 bits per heavy atom. The van der Waals surface area contributed by atoms with Gasteiger partial charge in [-0.25, -0.2) is 4.98 Å². The van der Waals surface area contributed by atoms with Gasteiger partial charge in [-0.05, 0) is 110 Å². The summed E-state index contributed by atoms with van der Waals surface area (Å²) in [6, 6.07) is 77.4. The van der Waals surface area contributed by atoms with Gasteiger partial charge in [0, 0.05) is 26.3 Å². The smallest absolute Gasteiger partial charge is 0.141 e. The van der Waals surface area contributed by atoms with E-state index in [1.54, 1.807) is 11.8 Å². The molecule has 0 saturated heterocycles. The normalized spacial score (nSPS) is 13.6. The molecule has 0 bridgehead atoms. The van der Waals surface area contributed by atoms with Gasteiger partial charge in [-0.3, -0.25) is 0 Å². The highest BCUT2D eigenvalue weighted by molar-refractivity contribution is 7.99.